The highest BCUT2D eigenvalue weighted by Crippen LogP contribution is 2.16. The molecule has 2 N–H and O–H groups in total. The number of aromatic amines is 1. The molecule has 0 aliphatic rings. The van der Waals surface area contributed by atoms with E-state index in [9.17, 15) is 0 Å². The molecule has 0 unspecified atom stereocenters. The Kier molecular flexibility index (Phi) is 3.31. The summed E-state index contributed by atoms with van der Waals surface area (Å²) in [5, 5.41) is 3.23. The third-order valence-corrected chi connectivity index (χ3v) is 2.33. The van der Waals surface area contributed by atoms with Gasteiger partial charge in [-0.1, -0.05) is 6.92 Å². The minimum atomic E-state index is 0.718. The first-order valence-corrected chi connectivity index (χ1v) is 5.48. The van der Waals surface area contributed by atoms with E-state index in [0.717, 1.165) is 35.9 Å². The van der Waals surface area contributed by atoms with Gasteiger partial charge in [-0.2, -0.15) is 0 Å². The van der Waals surface area contributed by atoms with E-state index in [4.69, 9.17) is 0 Å². The molecule has 4 heteroatoms. The number of rotatable bonds is 4. The molecule has 0 amide bonds. The second-order valence-corrected chi connectivity index (χ2v) is 3.69. The first-order valence-electron chi connectivity index (χ1n) is 5.48. The summed E-state index contributed by atoms with van der Waals surface area (Å²) in [5.41, 5.74) is 3.07. The van der Waals surface area contributed by atoms with Crippen LogP contribution in [0.4, 0.5) is 0 Å². The van der Waals surface area contributed by atoms with Gasteiger partial charge in [-0.25, -0.2) is 9.97 Å². The largest absolute Gasteiger partial charge is 0.367 e. The van der Waals surface area contributed by atoms with Gasteiger partial charge in [-0.05, 0) is 25.6 Å². The topological polar surface area (TPSA) is 53.6 Å². The molecule has 0 saturated carbocycles. The number of nitrogens with zero attached hydrogens (tertiary/aromatic N) is 2. The fraction of sp³-hybridized carbons (Fsp3) is 0.333. The van der Waals surface area contributed by atoms with E-state index in [0.29, 0.717) is 0 Å². The summed E-state index contributed by atoms with van der Waals surface area (Å²) in [6.07, 6.45) is 3.84. The van der Waals surface area contributed by atoms with Crippen LogP contribution < -0.4 is 5.32 Å². The first-order chi connectivity index (χ1) is 7.79. The van der Waals surface area contributed by atoms with Crippen LogP contribution in [0.3, 0.4) is 0 Å². The Morgan fingerprint density at radius 2 is 2.25 bits per heavy atom. The average Bonchev–Trinajstić information content (AvgIpc) is 2.79. The lowest BCUT2D eigenvalue weighted by atomic mass is 10.2. The number of aryl methyl sites for hydroxylation is 1. The van der Waals surface area contributed by atoms with Crippen LogP contribution in [0.15, 0.2) is 24.5 Å². The molecular formula is C12H16N4. The molecule has 2 heterocycles. The lowest BCUT2D eigenvalue weighted by Crippen LogP contribution is -2.14. The van der Waals surface area contributed by atoms with Crippen molar-refractivity contribution in [1.29, 1.82) is 0 Å². The zero-order valence-corrected chi connectivity index (χ0v) is 9.62. The van der Waals surface area contributed by atoms with Gasteiger partial charge in [0, 0.05) is 23.7 Å². The maximum Gasteiger partial charge on any atom is 0.143 e. The molecule has 16 heavy (non-hydrogen) atoms. The third-order valence-electron chi connectivity index (χ3n) is 2.33. The number of H-pyrrole nitrogens is 1. The van der Waals surface area contributed by atoms with Crippen molar-refractivity contribution in [3.8, 4) is 11.3 Å². The Morgan fingerprint density at radius 3 is 2.94 bits per heavy atom. The molecule has 2 aromatic heterocycles. The molecule has 0 aromatic carbocycles. The predicted octanol–water partition coefficient (Wildman–Crippen LogP) is 1.89. The minimum absolute atomic E-state index is 0.718. The van der Waals surface area contributed by atoms with Crippen LogP contribution in [0, 0.1) is 6.92 Å². The van der Waals surface area contributed by atoms with Crippen molar-refractivity contribution in [3.63, 3.8) is 0 Å². The number of hydrogen-bond acceptors (Lipinski definition) is 3. The SMILES string of the molecule is CCNCc1nc(C)cc(-c2cc[nH]c2)n1. The van der Waals surface area contributed by atoms with E-state index in [2.05, 4.69) is 27.2 Å². The Balaban J connectivity index is 2.29. The van der Waals surface area contributed by atoms with Crippen LogP contribution in [0.2, 0.25) is 0 Å². The van der Waals surface area contributed by atoms with E-state index in [-0.39, 0.29) is 0 Å². The number of nitrogens with one attached hydrogen (secondary N) is 2. The lowest BCUT2D eigenvalue weighted by molar-refractivity contribution is 0.688. The highest BCUT2D eigenvalue weighted by molar-refractivity contribution is 5.58. The van der Waals surface area contributed by atoms with Crippen LogP contribution in [0.25, 0.3) is 11.3 Å². The summed E-state index contributed by atoms with van der Waals surface area (Å²) >= 11 is 0. The van der Waals surface area contributed by atoms with Gasteiger partial charge in [-0.15, -0.1) is 0 Å². The second kappa shape index (κ2) is 4.90. The second-order valence-electron chi connectivity index (χ2n) is 3.69. The first kappa shape index (κ1) is 10.8. The fourth-order valence-electron chi connectivity index (χ4n) is 1.58. The molecule has 84 valence electrons. The van der Waals surface area contributed by atoms with E-state index >= 15 is 0 Å². The predicted molar refractivity (Wildman–Crippen MR) is 63.9 cm³/mol. The van der Waals surface area contributed by atoms with Crippen molar-refractivity contribution in [2.75, 3.05) is 6.54 Å². The third kappa shape index (κ3) is 2.46. The molecule has 0 radical (unpaired) electrons. The lowest BCUT2D eigenvalue weighted by Gasteiger charge is -2.05. The van der Waals surface area contributed by atoms with Crippen LogP contribution in [-0.2, 0) is 6.54 Å². The van der Waals surface area contributed by atoms with Crippen molar-refractivity contribution in [2.45, 2.75) is 20.4 Å². The van der Waals surface area contributed by atoms with Gasteiger partial charge < -0.3 is 10.3 Å². The molecule has 0 spiro atoms. The molecule has 2 aromatic rings. The van der Waals surface area contributed by atoms with Crippen molar-refractivity contribution in [3.05, 3.63) is 36.0 Å². The molecule has 0 bridgehead atoms. The minimum Gasteiger partial charge on any atom is -0.367 e. The average molecular weight is 216 g/mol. The Hall–Kier alpha value is -1.68. The molecule has 2 rings (SSSR count). The Bertz CT molecular complexity index is 448. The molecule has 0 fully saturated rings. The van der Waals surface area contributed by atoms with Crippen LogP contribution >= 0.6 is 0 Å². The van der Waals surface area contributed by atoms with E-state index in [1.165, 1.54) is 0 Å². The van der Waals surface area contributed by atoms with E-state index < -0.39 is 0 Å². The Labute approximate surface area is 95.1 Å². The summed E-state index contributed by atoms with van der Waals surface area (Å²) in [5.74, 6) is 0.845. The van der Waals surface area contributed by atoms with Crippen molar-refractivity contribution in [1.82, 2.24) is 20.3 Å². The van der Waals surface area contributed by atoms with Gasteiger partial charge in [0.15, 0.2) is 0 Å². The van der Waals surface area contributed by atoms with Gasteiger partial charge in [0.25, 0.3) is 0 Å². The van der Waals surface area contributed by atoms with Crippen LogP contribution in [0.1, 0.15) is 18.4 Å². The van der Waals surface area contributed by atoms with E-state index in [1.54, 1.807) is 0 Å². The fourth-order valence-corrected chi connectivity index (χ4v) is 1.58. The van der Waals surface area contributed by atoms with Crippen molar-refractivity contribution < 1.29 is 0 Å². The van der Waals surface area contributed by atoms with Gasteiger partial charge in [0.05, 0.1) is 12.2 Å². The molecule has 0 atom stereocenters. The molecule has 0 aliphatic heterocycles. The van der Waals surface area contributed by atoms with Gasteiger partial charge in [0.1, 0.15) is 5.82 Å². The van der Waals surface area contributed by atoms with Gasteiger partial charge >= 0.3 is 0 Å². The van der Waals surface area contributed by atoms with Crippen molar-refractivity contribution >= 4 is 0 Å². The zero-order chi connectivity index (χ0) is 11.4. The number of aromatic nitrogens is 3. The van der Waals surface area contributed by atoms with E-state index in [1.807, 2.05) is 31.5 Å². The highest BCUT2D eigenvalue weighted by atomic mass is 15.0. The summed E-state index contributed by atoms with van der Waals surface area (Å²) in [6.45, 7) is 5.71. The van der Waals surface area contributed by atoms with Crippen LogP contribution in [-0.4, -0.2) is 21.5 Å². The summed E-state index contributed by atoms with van der Waals surface area (Å²) in [4.78, 5) is 12.0. The zero-order valence-electron chi connectivity index (χ0n) is 9.62. The molecular weight excluding hydrogens is 200 g/mol. The molecule has 0 aliphatic carbocycles. The van der Waals surface area contributed by atoms with Gasteiger partial charge in [-0.3, -0.25) is 0 Å². The normalized spacial score (nSPS) is 10.6. The Morgan fingerprint density at radius 1 is 1.38 bits per heavy atom. The maximum atomic E-state index is 4.52. The summed E-state index contributed by atoms with van der Waals surface area (Å²) < 4.78 is 0. The number of hydrogen-bond donors (Lipinski definition) is 2. The summed E-state index contributed by atoms with van der Waals surface area (Å²) in [6, 6.07) is 4.01. The standard InChI is InChI=1S/C12H16N4/c1-3-13-8-12-15-9(2)6-11(16-12)10-4-5-14-7-10/h4-7,13-14H,3,8H2,1-2H3. The van der Waals surface area contributed by atoms with Crippen molar-refractivity contribution in [2.24, 2.45) is 0 Å². The molecule has 0 saturated heterocycles. The van der Waals surface area contributed by atoms with Gasteiger partial charge in [0.2, 0.25) is 0 Å². The highest BCUT2D eigenvalue weighted by Gasteiger charge is 2.04. The van der Waals surface area contributed by atoms with Crippen LogP contribution in [0.5, 0.6) is 0 Å². The summed E-state index contributed by atoms with van der Waals surface area (Å²) in [7, 11) is 0. The quantitative estimate of drug-likeness (QED) is 0.820. The monoisotopic (exact) mass is 216 g/mol. The maximum absolute atomic E-state index is 4.52. The molecule has 4 nitrogen and oxygen atoms in total. The smallest absolute Gasteiger partial charge is 0.143 e.